The molecule has 3 aromatic rings. The van der Waals surface area contributed by atoms with Crippen molar-refractivity contribution < 1.29 is 4.74 Å². The molecule has 144 valence electrons. The smallest absolute Gasteiger partial charge is 0.228 e. The molecule has 0 radical (unpaired) electrons. The van der Waals surface area contributed by atoms with Gasteiger partial charge in [-0.3, -0.25) is 0 Å². The molecule has 1 aliphatic carbocycles. The molecule has 28 heavy (non-hydrogen) atoms. The molecule has 1 saturated carbocycles. The Morgan fingerprint density at radius 2 is 1.93 bits per heavy atom. The predicted octanol–water partition coefficient (Wildman–Crippen LogP) is 2.00. The second-order valence-corrected chi connectivity index (χ2v) is 7.62. The van der Waals surface area contributed by atoms with Crippen molar-refractivity contribution in [2.75, 3.05) is 42.1 Å². The molecule has 9 heteroatoms. The first-order valence-corrected chi connectivity index (χ1v) is 9.82. The van der Waals surface area contributed by atoms with Gasteiger partial charge in [0.15, 0.2) is 5.65 Å². The van der Waals surface area contributed by atoms with Gasteiger partial charge in [-0.05, 0) is 30.9 Å². The highest BCUT2D eigenvalue weighted by Crippen LogP contribution is 2.35. The van der Waals surface area contributed by atoms with Gasteiger partial charge < -0.3 is 25.1 Å². The zero-order valence-electron chi connectivity index (χ0n) is 15.5. The van der Waals surface area contributed by atoms with Crippen LogP contribution in [-0.4, -0.2) is 45.8 Å². The lowest BCUT2D eigenvalue weighted by Gasteiger charge is -2.27. The van der Waals surface area contributed by atoms with Crippen LogP contribution in [0.1, 0.15) is 12.8 Å². The lowest BCUT2D eigenvalue weighted by molar-refractivity contribution is 0.122. The van der Waals surface area contributed by atoms with Crippen LogP contribution in [0.25, 0.3) is 22.4 Å². The number of nitrogens with zero attached hydrogens (tertiary/aromatic N) is 5. The zero-order valence-corrected chi connectivity index (χ0v) is 15.5. The topological polar surface area (TPSA) is 92.2 Å². The first-order chi connectivity index (χ1) is 13.8. The summed E-state index contributed by atoms with van der Waals surface area (Å²) in [6.45, 7) is 4.01. The van der Waals surface area contributed by atoms with Crippen LogP contribution in [0.2, 0.25) is 0 Å². The minimum absolute atomic E-state index is 0.707. The summed E-state index contributed by atoms with van der Waals surface area (Å²) in [5.74, 6) is 1.51. The molecular formula is C19H22N8O. The number of fused-ring (bicyclic) bond motifs is 2. The average molecular weight is 378 g/mol. The summed E-state index contributed by atoms with van der Waals surface area (Å²) in [6.07, 6.45) is 4.51. The van der Waals surface area contributed by atoms with E-state index in [2.05, 4.69) is 38.0 Å². The molecule has 1 aromatic carbocycles. The van der Waals surface area contributed by atoms with E-state index >= 15 is 0 Å². The van der Waals surface area contributed by atoms with Crippen molar-refractivity contribution in [2.45, 2.75) is 19.4 Å². The van der Waals surface area contributed by atoms with Crippen LogP contribution in [-0.2, 0) is 11.3 Å². The van der Waals surface area contributed by atoms with E-state index in [1.807, 2.05) is 12.4 Å². The van der Waals surface area contributed by atoms with Crippen molar-refractivity contribution >= 4 is 28.5 Å². The third kappa shape index (κ3) is 2.74. The van der Waals surface area contributed by atoms with Gasteiger partial charge in [-0.15, -0.1) is 5.53 Å². The number of hydrazine groups is 2. The van der Waals surface area contributed by atoms with E-state index in [9.17, 15) is 0 Å². The van der Waals surface area contributed by atoms with E-state index < -0.39 is 0 Å². The summed E-state index contributed by atoms with van der Waals surface area (Å²) in [4.78, 5) is 16.8. The van der Waals surface area contributed by atoms with E-state index in [0.717, 1.165) is 65.3 Å². The van der Waals surface area contributed by atoms with Crippen LogP contribution < -0.4 is 21.3 Å². The number of aromatic nitrogens is 4. The quantitative estimate of drug-likeness (QED) is 0.635. The molecule has 6 rings (SSSR count). The minimum atomic E-state index is 0.707. The average Bonchev–Trinajstić information content (AvgIpc) is 3.28. The van der Waals surface area contributed by atoms with Gasteiger partial charge >= 0.3 is 0 Å². The first-order valence-electron chi connectivity index (χ1n) is 9.82. The van der Waals surface area contributed by atoms with E-state index in [1.54, 1.807) is 0 Å². The van der Waals surface area contributed by atoms with Crippen LogP contribution in [0.5, 0.6) is 0 Å². The highest BCUT2D eigenvalue weighted by atomic mass is 16.5. The number of imidazole rings is 1. The maximum absolute atomic E-state index is 5.51. The second-order valence-electron chi connectivity index (χ2n) is 7.62. The molecule has 2 aliphatic heterocycles. The molecule has 4 heterocycles. The molecule has 2 fully saturated rings. The Balaban J connectivity index is 1.50. The normalized spacial score (nSPS) is 18.8. The molecule has 0 bridgehead atoms. The predicted molar refractivity (Wildman–Crippen MR) is 107 cm³/mol. The highest BCUT2D eigenvalue weighted by molar-refractivity contribution is 5.90. The molecule has 0 amide bonds. The fourth-order valence-electron chi connectivity index (χ4n) is 3.82. The summed E-state index contributed by atoms with van der Waals surface area (Å²) in [7, 11) is 0. The van der Waals surface area contributed by atoms with Gasteiger partial charge in [-0.25, -0.2) is 9.97 Å². The number of benzene rings is 1. The number of hydrogen-bond acceptors (Lipinski definition) is 8. The summed E-state index contributed by atoms with van der Waals surface area (Å²) in [5.41, 5.74) is 14.8. The number of rotatable bonds is 4. The van der Waals surface area contributed by atoms with Crippen molar-refractivity contribution in [3.8, 4) is 11.3 Å². The Morgan fingerprint density at radius 3 is 2.79 bits per heavy atom. The summed E-state index contributed by atoms with van der Waals surface area (Å²) in [6, 6.07) is 6.21. The Bertz CT molecular complexity index is 1040. The number of ether oxygens (including phenoxy) is 1. The lowest BCUT2D eigenvalue weighted by Crippen LogP contribution is -2.37. The van der Waals surface area contributed by atoms with Gasteiger partial charge in [-0.2, -0.15) is 4.98 Å². The molecule has 0 unspecified atom stereocenters. The molecule has 0 spiro atoms. The van der Waals surface area contributed by atoms with Crippen LogP contribution in [0.3, 0.4) is 0 Å². The van der Waals surface area contributed by atoms with Gasteiger partial charge in [-0.1, -0.05) is 6.07 Å². The molecule has 2 aromatic heterocycles. The van der Waals surface area contributed by atoms with Crippen molar-refractivity contribution in [2.24, 2.45) is 5.92 Å². The Morgan fingerprint density at radius 1 is 1.07 bits per heavy atom. The van der Waals surface area contributed by atoms with E-state index in [0.29, 0.717) is 13.2 Å². The van der Waals surface area contributed by atoms with Crippen molar-refractivity contribution in [3.63, 3.8) is 0 Å². The van der Waals surface area contributed by atoms with E-state index in [-0.39, 0.29) is 0 Å². The summed E-state index contributed by atoms with van der Waals surface area (Å²) >= 11 is 0. The second kappa shape index (κ2) is 6.32. The number of anilines is 3. The van der Waals surface area contributed by atoms with Gasteiger partial charge in [0.25, 0.3) is 0 Å². The Hall–Kier alpha value is -2.91. The van der Waals surface area contributed by atoms with Gasteiger partial charge in [0.05, 0.1) is 30.9 Å². The van der Waals surface area contributed by atoms with Crippen LogP contribution in [0.4, 0.5) is 17.3 Å². The molecule has 3 aliphatic rings. The third-order valence-electron chi connectivity index (χ3n) is 5.59. The maximum Gasteiger partial charge on any atom is 0.228 e. The summed E-state index contributed by atoms with van der Waals surface area (Å²) < 4.78 is 7.70. The van der Waals surface area contributed by atoms with E-state index in [1.165, 1.54) is 12.8 Å². The largest absolute Gasteiger partial charge is 0.378 e. The SMILES string of the molecule is c1cc2c(cc1-c1nc(N3CCOCC3)nc3c1ncn3CC1CC1)NNN2. The molecular weight excluding hydrogens is 356 g/mol. The van der Waals surface area contributed by atoms with Crippen LogP contribution in [0, 0.1) is 5.92 Å². The Labute approximate surface area is 162 Å². The third-order valence-corrected chi connectivity index (χ3v) is 5.59. The van der Waals surface area contributed by atoms with Crippen LogP contribution in [0.15, 0.2) is 24.5 Å². The van der Waals surface area contributed by atoms with Crippen molar-refractivity contribution in [1.82, 2.24) is 25.1 Å². The van der Waals surface area contributed by atoms with E-state index in [4.69, 9.17) is 19.7 Å². The summed E-state index contributed by atoms with van der Waals surface area (Å²) in [5, 5.41) is 0. The fourth-order valence-corrected chi connectivity index (χ4v) is 3.82. The van der Waals surface area contributed by atoms with Crippen LogP contribution >= 0.6 is 0 Å². The van der Waals surface area contributed by atoms with Crippen molar-refractivity contribution in [1.29, 1.82) is 0 Å². The fraction of sp³-hybridized carbons (Fsp3) is 0.421. The molecule has 0 atom stereocenters. The minimum Gasteiger partial charge on any atom is -0.378 e. The monoisotopic (exact) mass is 378 g/mol. The molecule has 3 N–H and O–H groups in total. The standard InChI is InChI=1S/C19H22N8O/c1-2-12(1)10-27-11-20-17-16(13-3-4-14-15(9-13)24-25-23-14)21-19(22-18(17)27)26-5-7-28-8-6-26/h3-4,9,11-12,23-25H,1-2,5-8,10H2. The number of morpholine rings is 1. The van der Waals surface area contributed by atoms with Gasteiger partial charge in [0.1, 0.15) is 11.2 Å². The highest BCUT2D eigenvalue weighted by Gasteiger charge is 2.25. The first kappa shape index (κ1) is 16.1. The lowest BCUT2D eigenvalue weighted by atomic mass is 10.1. The van der Waals surface area contributed by atoms with Crippen molar-refractivity contribution in [3.05, 3.63) is 24.5 Å². The maximum atomic E-state index is 5.51. The number of nitrogens with one attached hydrogen (secondary N) is 3. The van der Waals surface area contributed by atoms with Gasteiger partial charge in [0.2, 0.25) is 5.95 Å². The van der Waals surface area contributed by atoms with Gasteiger partial charge in [0, 0.05) is 25.2 Å². The number of hydrogen-bond donors (Lipinski definition) is 3. The molecule has 9 nitrogen and oxygen atoms in total. The zero-order chi connectivity index (χ0) is 18.5. The Kier molecular flexibility index (Phi) is 3.63. The molecule has 1 saturated heterocycles.